The van der Waals surface area contributed by atoms with E-state index < -0.39 is 0 Å². The van der Waals surface area contributed by atoms with Crippen molar-refractivity contribution in [2.24, 2.45) is 17.8 Å². The molecule has 1 aromatic rings. The van der Waals surface area contributed by atoms with Crippen molar-refractivity contribution >= 4 is 23.2 Å². The molecule has 4 unspecified atom stereocenters. The average Bonchev–Trinajstić information content (AvgIpc) is 3.03. The number of fused-ring (bicyclic) bond motifs is 2. The molecule has 2 bridgehead atoms. The van der Waals surface area contributed by atoms with Gasteiger partial charge in [0.05, 0.1) is 17.4 Å². The maximum absolute atomic E-state index is 12.3. The van der Waals surface area contributed by atoms with Crippen LogP contribution < -0.4 is 11.1 Å². The van der Waals surface area contributed by atoms with E-state index in [-0.39, 0.29) is 17.1 Å². The van der Waals surface area contributed by atoms with Gasteiger partial charge in [-0.05, 0) is 50.0 Å². The Balaban J connectivity index is 1.68. The summed E-state index contributed by atoms with van der Waals surface area (Å²) in [5.74, 6) is 2.12. The first-order valence-corrected chi connectivity index (χ1v) is 7.64. The number of nitrogens with one attached hydrogen (secondary N) is 1. The molecule has 3 rings (SSSR count). The molecule has 5 heteroatoms. The lowest BCUT2D eigenvalue weighted by Gasteiger charge is -2.28. The van der Waals surface area contributed by atoms with E-state index in [4.69, 9.17) is 17.3 Å². The van der Waals surface area contributed by atoms with Gasteiger partial charge in [0.15, 0.2) is 0 Å². The molecule has 1 aromatic heterocycles. The number of anilines is 1. The molecule has 20 heavy (non-hydrogen) atoms. The predicted octanol–water partition coefficient (Wildman–Crippen LogP) is 2.87. The van der Waals surface area contributed by atoms with Crippen LogP contribution in [0.15, 0.2) is 12.3 Å². The third kappa shape index (κ3) is 2.49. The second-order valence-corrected chi connectivity index (χ2v) is 6.58. The average molecular weight is 294 g/mol. The number of aromatic nitrogens is 1. The van der Waals surface area contributed by atoms with Gasteiger partial charge in [-0.15, -0.1) is 0 Å². The Morgan fingerprint density at radius 1 is 1.50 bits per heavy atom. The summed E-state index contributed by atoms with van der Waals surface area (Å²) in [6, 6.07) is 1.71. The Labute approximate surface area is 124 Å². The maximum Gasteiger partial charge on any atom is 0.253 e. The molecule has 4 nitrogen and oxygen atoms in total. The zero-order valence-electron chi connectivity index (χ0n) is 11.6. The summed E-state index contributed by atoms with van der Waals surface area (Å²) >= 11 is 5.83. The van der Waals surface area contributed by atoms with Gasteiger partial charge in [-0.25, -0.2) is 4.98 Å². The summed E-state index contributed by atoms with van der Waals surface area (Å²) in [7, 11) is 0. The maximum atomic E-state index is 12.3. The van der Waals surface area contributed by atoms with Crippen molar-refractivity contribution < 1.29 is 4.79 Å². The monoisotopic (exact) mass is 293 g/mol. The van der Waals surface area contributed by atoms with Crippen LogP contribution in [0.1, 0.15) is 43.0 Å². The van der Waals surface area contributed by atoms with Crippen LogP contribution in [0, 0.1) is 17.8 Å². The first-order chi connectivity index (χ1) is 9.54. The Morgan fingerprint density at radius 3 is 2.95 bits per heavy atom. The minimum Gasteiger partial charge on any atom is -0.397 e. The summed E-state index contributed by atoms with van der Waals surface area (Å²) < 4.78 is 0. The van der Waals surface area contributed by atoms with E-state index in [1.54, 1.807) is 0 Å². The van der Waals surface area contributed by atoms with E-state index in [0.717, 1.165) is 11.8 Å². The zero-order valence-corrected chi connectivity index (χ0v) is 12.4. The lowest BCUT2D eigenvalue weighted by Crippen LogP contribution is -2.40. The second kappa shape index (κ2) is 5.24. The molecule has 0 spiro atoms. The quantitative estimate of drug-likeness (QED) is 0.842. The number of rotatable bonds is 3. The van der Waals surface area contributed by atoms with Crippen LogP contribution in [0.2, 0.25) is 5.15 Å². The number of hydrogen-bond acceptors (Lipinski definition) is 3. The number of carbonyl (C=O) groups excluding carboxylic acids is 1. The molecule has 4 atom stereocenters. The molecule has 0 saturated heterocycles. The second-order valence-electron chi connectivity index (χ2n) is 6.20. The van der Waals surface area contributed by atoms with Gasteiger partial charge in [-0.2, -0.15) is 0 Å². The number of nitrogens with zero attached hydrogens (tertiary/aromatic N) is 1. The Morgan fingerprint density at radius 2 is 2.30 bits per heavy atom. The van der Waals surface area contributed by atoms with Gasteiger partial charge >= 0.3 is 0 Å². The van der Waals surface area contributed by atoms with Crippen molar-refractivity contribution in [2.45, 2.75) is 38.6 Å². The van der Waals surface area contributed by atoms with E-state index in [1.807, 2.05) is 0 Å². The van der Waals surface area contributed by atoms with Crippen molar-refractivity contribution in [2.75, 3.05) is 5.73 Å². The van der Waals surface area contributed by atoms with Gasteiger partial charge in [-0.3, -0.25) is 4.79 Å². The standard InChI is InChI=1S/C15H20ClN3O/c1-8(11-5-9-2-3-10(11)4-9)19-15(20)12-6-14(16)18-7-13(12)17/h6-11H,2-5,17H2,1H3,(H,19,20). The SMILES string of the molecule is CC(NC(=O)c1cc(Cl)ncc1N)C1CC2CCC1C2. The Bertz CT molecular complexity index is 534. The molecular formula is C15H20ClN3O. The van der Waals surface area contributed by atoms with Crippen molar-refractivity contribution in [1.82, 2.24) is 10.3 Å². The number of amides is 1. The molecule has 108 valence electrons. The normalized spacial score (nSPS) is 29.4. The molecule has 2 aliphatic carbocycles. The zero-order chi connectivity index (χ0) is 14.3. The van der Waals surface area contributed by atoms with Crippen LogP contribution in [0.25, 0.3) is 0 Å². The summed E-state index contributed by atoms with van der Waals surface area (Å²) in [4.78, 5) is 16.2. The van der Waals surface area contributed by atoms with Gasteiger partial charge in [0.25, 0.3) is 5.91 Å². The number of hydrogen-bond donors (Lipinski definition) is 2. The highest BCUT2D eigenvalue weighted by Gasteiger charge is 2.42. The van der Waals surface area contributed by atoms with Gasteiger partial charge in [0.1, 0.15) is 5.15 Å². The van der Waals surface area contributed by atoms with Crippen LogP contribution in [-0.2, 0) is 0 Å². The van der Waals surface area contributed by atoms with Gasteiger partial charge in [-0.1, -0.05) is 18.0 Å². The molecule has 2 fully saturated rings. The Kier molecular flexibility index (Phi) is 3.59. The number of nitrogen functional groups attached to an aromatic ring is 1. The Hall–Kier alpha value is -1.29. The fourth-order valence-corrected chi connectivity index (χ4v) is 4.09. The molecule has 0 aliphatic heterocycles. The number of carbonyl (C=O) groups is 1. The van der Waals surface area contributed by atoms with Crippen LogP contribution in [0.3, 0.4) is 0 Å². The van der Waals surface area contributed by atoms with E-state index in [9.17, 15) is 4.79 Å². The smallest absolute Gasteiger partial charge is 0.253 e. The van der Waals surface area contributed by atoms with Crippen molar-refractivity contribution in [3.05, 3.63) is 23.0 Å². The molecule has 2 saturated carbocycles. The van der Waals surface area contributed by atoms with Gasteiger partial charge < -0.3 is 11.1 Å². The van der Waals surface area contributed by atoms with Crippen molar-refractivity contribution in [1.29, 1.82) is 0 Å². The van der Waals surface area contributed by atoms with Crippen LogP contribution in [-0.4, -0.2) is 16.9 Å². The fraction of sp³-hybridized carbons (Fsp3) is 0.600. The van der Waals surface area contributed by atoms with E-state index in [0.29, 0.717) is 17.2 Å². The highest BCUT2D eigenvalue weighted by Crippen LogP contribution is 2.49. The minimum absolute atomic E-state index is 0.151. The summed E-state index contributed by atoms with van der Waals surface area (Å²) in [6.07, 6.45) is 6.71. The predicted molar refractivity (Wildman–Crippen MR) is 79.5 cm³/mol. The van der Waals surface area contributed by atoms with Crippen LogP contribution in [0.5, 0.6) is 0 Å². The first-order valence-electron chi connectivity index (χ1n) is 7.26. The van der Waals surface area contributed by atoms with Crippen LogP contribution in [0.4, 0.5) is 5.69 Å². The van der Waals surface area contributed by atoms with E-state index in [2.05, 4.69) is 17.2 Å². The number of pyridine rings is 1. The van der Waals surface area contributed by atoms with E-state index >= 15 is 0 Å². The van der Waals surface area contributed by atoms with Crippen LogP contribution >= 0.6 is 11.6 Å². The topological polar surface area (TPSA) is 68.0 Å². The van der Waals surface area contributed by atoms with Gasteiger partial charge in [0.2, 0.25) is 0 Å². The van der Waals surface area contributed by atoms with E-state index in [1.165, 1.54) is 37.9 Å². The molecule has 2 aliphatic rings. The number of halogens is 1. The summed E-state index contributed by atoms with van der Waals surface area (Å²) in [6.45, 7) is 2.10. The summed E-state index contributed by atoms with van der Waals surface area (Å²) in [5, 5.41) is 3.37. The largest absolute Gasteiger partial charge is 0.397 e. The number of nitrogens with two attached hydrogens (primary N) is 1. The third-order valence-electron chi connectivity index (χ3n) is 4.94. The third-order valence-corrected chi connectivity index (χ3v) is 5.15. The lowest BCUT2D eigenvalue weighted by molar-refractivity contribution is 0.0916. The highest BCUT2D eigenvalue weighted by molar-refractivity contribution is 6.29. The molecule has 0 radical (unpaired) electrons. The fourth-order valence-electron chi connectivity index (χ4n) is 3.93. The lowest BCUT2D eigenvalue weighted by atomic mass is 9.84. The first kappa shape index (κ1) is 13.7. The molecular weight excluding hydrogens is 274 g/mol. The van der Waals surface area contributed by atoms with Gasteiger partial charge in [0, 0.05) is 6.04 Å². The molecule has 0 aromatic carbocycles. The molecule has 1 heterocycles. The molecule has 3 N–H and O–H groups in total. The van der Waals surface area contributed by atoms with Crippen molar-refractivity contribution in [3.8, 4) is 0 Å². The minimum atomic E-state index is -0.151. The highest BCUT2D eigenvalue weighted by atomic mass is 35.5. The summed E-state index contributed by atoms with van der Waals surface area (Å²) in [5.41, 5.74) is 6.58. The molecule has 1 amide bonds. The van der Waals surface area contributed by atoms with Crippen molar-refractivity contribution in [3.63, 3.8) is 0 Å².